The van der Waals surface area contributed by atoms with Gasteiger partial charge in [0.2, 0.25) is 0 Å². The summed E-state index contributed by atoms with van der Waals surface area (Å²) in [7, 11) is 3.82. The molecule has 0 saturated carbocycles. The average Bonchev–Trinajstić information content (AvgIpc) is 2.81. The van der Waals surface area contributed by atoms with Crippen LogP contribution in [0.4, 0.5) is 13.2 Å². The van der Waals surface area contributed by atoms with Crippen LogP contribution in [0.1, 0.15) is 30.3 Å². The molecule has 0 unspecified atom stereocenters. The number of nitrogens with one attached hydrogen (secondary N) is 1. The predicted octanol–water partition coefficient (Wildman–Crippen LogP) is 1.93. The van der Waals surface area contributed by atoms with Gasteiger partial charge in [-0.1, -0.05) is 0 Å². The first-order chi connectivity index (χ1) is 9.38. The fraction of sp³-hybridized carbons (Fsp3) is 0.769. The summed E-state index contributed by atoms with van der Waals surface area (Å²) in [5.74, 6) is 0.704. The van der Waals surface area contributed by atoms with E-state index in [0.29, 0.717) is 18.9 Å². The van der Waals surface area contributed by atoms with Gasteiger partial charge in [-0.05, 0) is 40.0 Å². The average molecular weight is 290 g/mol. The summed E-state index contributed by atoms with van der Waals surface area (Å²) in [5.41, 5.74) is -0.773. The lowest BCUT2D eigenvalue weighted by Crippen LogP contribution is -2.28. The summed E-state index contributed by atoms with van der Waals surface area (Å²) in [4.78, 5) is 5.83. The van der Waals surface area contributed by atoms with Crippen LogP contribution in [0.2, 0.25) is 0 Å². The second-order valence-corrected chi connectivity index (χ2v) is 5.50. The smallest absolute Gasteiger partial charge is 0.333 e. The molecule has 0 amide bonds. The van der Waals surface area contributed by atoms with E-state index in [-0.39, 0.29) is 5.92 Å². The Morgan fingerprint density at radius 1 is 1.35 bits per heavy atom. The summed E-state index contributed by atoms with van der Waals surface area (Å²) in [6.07, 6.45) is -1.53. The molecule has 1 fully saturated rings. The predicted molar refractivity (Wildman–Crippen MR) is 70.6 cm³/mol. The molecule has 1 aliphatic heterocycles. The van der Waals surface area contributed by atoms with E-state index in [1.54, 1.807) is 4.57 Å². The zero-order valence-electron chi connectivity index (χ0n) is 11.9. The van der Waals surface area contributed by atoms with E-state index in [0.717, 1.165) is 32.1 Å². The van der Waals surface area contributed by atoms with E-state index in [4.69, 9.17) is 0 Å². The minimum absolute atomic E-state index is 0.120. The lowest BCUT2D eigenvalue weighted by atomic mass is 9.97. The van der Waals surface area contributed by atoms with Crippen LogP contribution in [-0.4, -0.2) is 48.2 Å². The zero-order chi connectivity index (χ0) is 14.8. The standard InChI is InChI=1S/C13H21F3N4/c1-19(2)7-8-20-9-11(13(14,15)16)18-12(20)10-3-5-17-6-4-10/h9-10,17H,3-8H2,1-2H3. The monoisotopic (exact) mass is 290 g/mol. The molecular formula is C13H21F3N4. The number of halogens is 3. The van der Waals surface area contributed by atoms with Crippen LogP contribution in [0.25, 0.3) is 0 Å². The quantitative estimate of drug-likeness (QED) is 0.920. The fourth-order valence-corrected chi connectivity index (χ4v) is 2.46. The molecule has 0 bridgehead atoms. The van der Waals surface area contributed by atoms with Gasteiger partial charge in [0.25, 0.3) is 0 Å². The zero-order valence-corrected chi connectivity index (χ0v) is 11.9. The van der Waals surface area contributed by atoms with Crippen molar-refractivity contribution in [2.75, 3.05) is 33.7 Å². The highest BCUT2D eigenvalue weighted by Crippen LogP contribution is 2.32. The van der Waals surface area contributed by atoms with Gasteiger partial charge in [0.05, 0.1) is 0 Å². The van der Waals surface area contributed by atoms with Crippen molar-refractivity contribution in [2.45, 2.75) is 31.5 Å². The van der Waals surface area contributed by atoms with E-state index in [9.17, 15) is 13.2 Å². The van der Waals surface area contributed by atoms with Gasteiger partial charge in [0, 0.05) is 25.2 Å². The van der Waals surface area contributed by atoms with Crippen LogP contribution in [0.15, 0.2) is 6.20 Å². The minimum Gasteiger partial charge on any atom is -0.333 e. The number of aromatic nitrogens is 2. The molecule has 0 aromatic carbocycles. The second-order valence-electron chi connectivity index (χ2n) is 5.50. The van der Waals surface area contributed by atoms with Gasteiger partial charge in [0.1, 0.15) is 5.82 Å². The lowest BCUT2D eigenvalue weighted by Gasteiger charge is -2.23. The van der Waals surface area contributed by atoms with E-state index in [2.05, 4.69) is 10.3 Å². The van der Waals surface area contributed by atoms with Gasteiger partial charge in [0.15, 0.2) is 5.69 Å². The number of hydrogen-bond donors (Lipinski definition) is 1. The van der Waals surface area contributed by atoms with Crippen LogP contribution in [0.3, 0.4) is 0 Å². The van der Waals surface area contributed by atoms with Gasteiger partial charge < -0.3 is 14.8 Å². The Hall–Kier alpha value is -1.08. The van der Waals surface area contributed by atoms with E-state index >= 15 is 0 Å². The number of hydrogen-bond acceptors (Lipinski definition) is 3. The van der Waals surface area contributed by atoms with Crippen molar-refractivity contribution in [3.63, 3.8) is 0 Å². The molecule has 1 saturated heterocycles. The Kier molecular flexibility index (Phi) is 4.70. The second kappa shape index (κ2) is 6.13. The molecule has 4 nitrogen and oxygen atoms in total. The Morgan fingerprint density at radius 2 is 2.00 bits per heavy atom. The first-order valence-corrected chi connectivity index (χ1v) is 6.87. The number of alkyl halides is 3. The number of nitrogens with zero attached hydrogens (tertiary/aromatic N) is 3. The largest absolute Gasteiger partial charge is 0.434 e. The van der Waals surface area contributed by atoms with Crippen LogP contribution in [0, 0.1) is 0 Å². The third kappa shape index (κ3) is 3.73. The maximum atomic E-state index is 12.8. The van der Waals surface area contributed by atoms with Gasteiger partial charge in [-0.2, -0.15) is 13.2 Å². The van der Waals surface area contributed by atoms with Crippen molar-refractivity contribution in [1.29, 1.82) is 0 Å². The summed E-state index contributed by atoms with van der Waals surface area (Å²) in [6, 6.07) is 0. The highest BCUT2D eigenvalue weighted by molar-refractivity contribution is 5.12. The fourth-order valence-electron chi connectivity index (χ4n) is 2.46. The maximum absolute atomic E-state index is 12.8. The molecule has 0 radical (unpaired) electrons. The van der Waals surface area contributed by atoms with Crippen molar-refractivity contribution < 1.29 is 13.2 Å². The van der Waals surface area contributed by atoms with Gasteiger partial charge in [-0.3, -0.25) is 0 Å². The van der Waals surface area contributed by atoms with Crippen LogP contribution in [-0.2, 0) is 12.7 Å². The molecule has 0 atom stereocenters. The SMILES string of the molecule is CN(C)CCn1cc(C(F)(F)F)nc1C1CCNCC1. The van der Waals surface area contributed by atoms with Crippen molar-refractivity contribution in [1.82, 2.24) is 19.8 Å². The number of likely N-dealkylation sites (N-methyl/N-ethyl adjacent to an activating group) is 1. The van der Waals surface area contributed by atoms with Crippen molar-refractivity contribution in [3.05, 3.63) is 17.7 Å². The molecule has 1 aromatic rings. The number of piperidine rings is 1. The highest BCUT2D eigenvalue weighted by atomic mass is 19.4. The molecule has 2 rings (SSSR count). The van der Waals surface area contributed by atoms with Crippen molar-refractivity contribution in [3.8, 4) is 0 Å². The van der Waals surface area contributed by atoms with Crippen molar-refractivity contribution in [2.24, 2.45) is 0 Å². The van der Waals surface area contributed by atoms with Gasteiger partial charge in [-0.15, -0.1) is 0 Å². The Bertz CT molecular complexity index is 433. The molecular weight excluding hydrogens is 269 g/mol. The minimum atomic E-state index is -4.37. The number of imidazole rings is 1. The van der Waals surface area contributed by atoms with Crippen LogP contribution >= 0.6 is 0 Å². The van der Waals surface area contributed by atoms with Gasteiger partial charge >= 0.3 is 6.18 Å². The Morgan fingerprint density at radius 3 is 2.55 bits per heavy atom. The summed E-state index contributed by atoms with van der Waals surface area (Å²) in [5, 5.41) is 3.22. The molecule has 114 valence electrons. The third-order valence-corrected chi connectivity index (χ3v) is 3.59. The summed E-state index contributed by atoms with van der Waals surface area (Å²) >= 11 is 0. The number of rotatable bonds is 4. The molecule has 1 aliphatic rings. The molecule has 20 heavy (non-hydrogen) atoms. The molecule has 7 heteroatoms. The lowest BCUT2D eigenvalue weighted by molar-refractivity contribution is -0.141. The van der Waals surface area contributed by atoms with Crippen LogP contribution in [0.5, 0.6) is 0 Å². The molecule has 0 aliphatic carbocycles. The van der Waals surface area contributed by atoms with Gasteiger partial charge in [-0.25, -0.2) is 4.98 Å². The van der Waals surface area contributed by atoms with Crippen LogP contribution < -0.4 is 5.32 Å². The topological polar surface area (TPSA) is 33.1 Å². The van der Waals surface area contributed by atoms with E-state index in [1.165, 1.54) is 0 Å². The van der Waals surface area contributed by atoms with E-state index in [1.807, 2.05) is 19.0 Å². The normalized spacial score (nSPS) is 17.9. The highest BCUT2D eigenvalue weighted by Gasteiger charge is 2.36. The first kappa shape index (κ1) is 15.3. The molecule has 2 heterocycles. The Labute approximate surface area is 117 Å². The molecule has 1 N–H and O–H groups in total. The maximum Gasteiger partial charge on any atom is 0.434 e. The first-order valence-electron chi connectivity index (χ1n) is 6.87. The summed E-state index contributed by atoms with van der Waals surface area (Å²) < 4.78 is 40.2. The molecule has 0 spiro atoms. The third-order valence-electron chi connectivity index (χ3n) is 3.59. The van der Waals surface area contributed by atoms with Crippen molar-refractivity contribution >= 4 is 0 Å². The molecule has 1 aromatic heterocycles. The van der Waals surface area contributed by atoms with E-state index < -0.39 is 11.9 Å². The summed E-state index contributed by atoms with van der Waals surface area (Å²) in [6.45, 7) is 2.92. The Balaban J connectivity index is 2.23.